The fraction of sp³-hybridized carbons (Fsp3) is 0.538. The first-order valence-corrected chi connectivity index (χ1v) is 8.49. The van der Waals surface area contributed by atoms with Crippen molar-refractivity contribution in [2.75, 3.05) is 18.1 Å². The van der Waals surface area contributed by atoms with E-state index in [9.17, 15) is 12.8 Å². The summed E-state index contributed by atoms with van der Waals surface area (Å²) in [4.78, 5) is 2.09. The van der Waals surface area contributed by atoms with E-state index in [4.69, 9.17) is 11.6 Å². The molecule has 0 unspecified atom stereocenters. The number of halogens is 2. The van der Waals surface area contributed by atoms with Crippen LogP contribution in [0.3, 0.4) is 0 Å². The van der Waals surface area contributed by atoms with E-state index < -0.39 is 9.84 Å². The van der Waals surface area contributed by atoms with Crippen LogP contribution < -0.4 is 0 Å². The summed E-state index contributed by atoms with van der Waals surface area (Å²) in [6, 6.07) is 4.36. The van der Waals surface area contributed by atoms with Gasteiger partial charge in [0.15, 0.2) is 9.84 Å². The Morgan fingerprint density at radius 3 is 2.74 bits per heavy atom. The van der Waals surface area contributed by atoms with Crippen LogP contribution in [0, 0.1) is 5.82 Å². The Balaban J connectivity index is 2.11. The molecule has 0 bridgehead atoms. The summed E-state index contributed by atoms with van der Waals surface area (Å²) in [5.41, 5.74) is 0.828. The van der Waals surface area contributed by atoms with Crippen molar-refractivity contribution in [3.63, 3.8) is 0 Å². The highest BCUT2D eigenvalue weighted by atomic mass is 35.5. The van der Waals surface area contributed by atoms with Gasteiger partial charge >= 0.3 is 0 Å². The van der Waals surface area contributed by atoms with Crippen molar-refractivity contribution < 1.29 is 12.8 Å². The topological polar surface area (TPSA) is 37.4 Å². The largest absolute Gasteiger partial charge is 0.295 e. The van der Waals surface area contributed by atoms with Gasteiger partial charge in [0.2, 0.25) is 0 Å². The molecule has 3 nitrogen and oxygen atoms in total. The molecule has 0 N–H and O–H groups in total. The van der Waals surface area contributed by atoms with Crippen molar-refractivity contribution in [2.24, 2.45) is 0 Å². The molecule has 1 saturated heterocycles. The van der Waals surface area contributed by atoms with Gasteiger partial charge in [-0.2, -0.15) is 0 Å². The van der Waals surface area contributed by atoms with E-state index in [-0.39, 0.29) is 23.4 Å². The second-order valence-corrected chi connectivity index (χ2v) is 7.49. The number of benzene rings is 1. The fourth-order valence-corrected chi connectivity index (χ4v) is 4.42. The van der Waals surface area contributed by atoms with Crippen LogP contribution in [0.25, 0.3) is 0 Å². The van der Waals surface area contributed by atoms with Crippen molar-refractivity contribution >= 4 is 21.4 Å². The van der Waals surface area contributed by atoms with Crippen molar-refractivity contribution in [2.45, 2.75) is 25.9 Å². The molecule has 2 rings (SSSR count). The third-order valence-corrected chi connectivity index (χ3v) is 5.62. The highest BCUT2D eigenvalue weighted by Gasteiger charge is 2.31. The number of rotatable bonds is 4. The number of hydrogen-bond acceptors (Lipinski definition) is 3. The molecular formula is C13H17ClFNO2S. The Kier molecular flexibility index (Phi) is 4.48. The molecule has 0 radical (unpaired) electrons. The Morgan fingerprint density at radius 2 is 2.21 bits per heavy atom. The van der Waals surface area contributed by atoms with E-state index in [2.05, 4.69) is 4.90 Å². The molecule has 0 saturated carbocycles. The van der Waals surface area contributed by atoms with E-state index in [1.165, 1.54) is 12.1 Å². The SMILES string of the molecule is CCN(Cc1ccc(F)cc1Cl)[C@@H]1CCS(=O)(=O)C1. The summed E-state index contributed by atoms with van der Waals surface area (Å²) in [6.07, 6.45) is 0.662. The van der Waals surface area contributed by atoms with Crippen molar-refractivity contribution in [1.29, 1.82) is 0 Å². The Labute approximate surface area is 118 Å². The maximum Gasteiger partial charge on any atom is 0.151 e. The molecule has 19 heavy (non-hydrogen) atoms. The van der Waals surface area contributed by atoms with Crippen LogP contribution in [0.1, 0.15) is 18.9 Å². The summed E-state index contributed by atoms with van der Waals surface area (Å²) in [6.45, 7) is 3.28. The van der Waals surface area contributed by atoms with E-state index >= 15 is 0 Å². The molecule has 1 atom stereocenters. The van der Waals surface area contributed by atoms with E-state index in [1.54, 1.807) is 6.07 Å². The van der Waals surface area contributed by atoms with Crippen LogP contribution in [-0.4, -0.2) is 37.4 Å². The number of nitrogens with zero attached hydrogens (tertiary/aromatic N) is 1. The normalized spacial score (nSPS) is 22.0. The summed E-state index contributed by atoms with van der Waals surface area (Å²) >= 11 is 6.01. The van der Waals surface area contributed by atoms with Crippen molar-refractivity contribution in [3.05, 3.63) is 34.6 Å². The average Bonchev–Trinajstić information content (AvgIpc) is 2.69. The van der Waals surface area contributed by atoms with Gasteiger partial charge in [0.1, 0.15) is 5.82 Å². The Hall–Kier alpha value is -0.650. The zero-order valence-electron chi connectivity index (χ0n) is 10.8. The Bertz CT molecular complexity index is 562. The molecule has 106 valence electrons. The fourth-order valence-electron chi connectivity index (χ4n) is 2.43. The number of sulfone groups is 1. The van der Waals surface area contributed by atoms with Crippen molar-refractivity contribution in [3.8, 4) is 0 Å². The minimum atomic E-state index is -2.89. The summed E-state index contributed by atoms with van der Waals surface area (Å²) in [7, 11) is -2.89. The van der Waals surface area contributed by atoms with Crippen LogP contribution in [0.15, 0.2) is 18.2 Å². The molecule has 1 heterocycles. The first-order valence-electron chi connectivity index (χ1n) is 6.29. The molecule has 0 amide bonds. The molecule has 6 heteroatoms. The second-order valence-electron chi connectivity index (χ2n) is 4.86. The lowest BCUT2D eigenvalue weighted by Gasteiger charge is -2.26. The van der Waals surface area contributed by atoms with Crippen LogP contribution in [0.5, 0.6) is 0 Å². The molecule has 1 fully saturated rings. The zero-order chi connectivity index (χ0) is 14.0. The lowest BCUT2D eigenvalue weighted by Crippen LogP contribution is -2.35. The average molecular weight is 306 g/mol. The monoisotopic (exact) mass is 305 g/mol. The van der Waals surface area contributed by atoms with Crippen LogP contribution in [0.2, 0.25) is 5.02 Å². The van der Waals surface area contributed by atoms with Crippen molar-refractivity contribution in [1.82, 2.24) is 4.90 Å². The van der Waals surface area contributed by atoms with E-state index in [0.717, 1.165) is 12.1 Å². The van der Waals surface area contributed by atoms with Gasteiger partial charge in [0, 0.05) is 17.6 Å². The smallest absolute Gasteiger partial charge is 0.151 e. The van der Waals surface area contributed by atoms with Gasteiger partial charge in [-0.25, -0.2) is 12.8 Å². The standard InChI is InChI=1S/C13H17ClFNO2S/c1-2-16(12-5-6-19(17,18)9-12)8-10-3-4-11(15)7-13(10)14/h3-4,7,12H,2,5-6,8-9H2,1H3/t12-/m1/s1. The minimum Gasteiger partial charge on any atom is -0.295 e. The molecule has 1 aliphatic heterocycles. The maximum absolute atomic E-state index is 13.0. The molecule has 1 aliphatic rings. The lowest BCUT2D eigenvalue weighted by molar-refractivity contribution is 0.215. The molecule has 0 aromatic heterocycles. The highest BCUT2D eigenvalue weighted by molar-refractivity contribution is 7.91. The van der Waals surface area contributed by atoms with Crippen LogP contribution >= 0.6 is 11.6 Å². The summed E-state index contributed by atoms with van der Waals surface area (Å²) < 4.78 is 36.0. The quantitative estimate of drug-likeness (QED) is 0.857. The number of hydrogen-bond donors (Lipinski definition) is 0. The van der Waals surface area contributed by atoms with Gasteiger partial charge in [0.25, 0.3) is 0 Å². The van der Waals surface area contributed by atoms with E-state index in [1.807, 2.05) is 6.92 Å². The van der Waals surface area contributed by atoms with Gasteiger partial charge in [-0.3, -0.25) is 4.90 Å². The minimum absolute atomic E-state index is 0.0381. The highest BCUT2D eigenvalue weighted by Crippen LogP contribution is 2.23. The van der Waals surface area contributed by atoms with Gasteiger partial charge in [-0.05, 0) is 30.7 Å². The molecule has 1 aromatic carbocycles. The summed E-state index contributed by atoms with van der Waals surface area (Å²) in [5, 5.41) is 0.388. The van der Waals surface area contributed by atoms with Gasteiger partial charge in [-0.1, -0.05) is 24.6 Å². The molecule has 1 aromatic rings. The Morgan fingerprint density at radius 1 is 1.47 bits per heavy atom. The summed E-state index contributed by atoms with van der Waals surface area (Å²) in [5.74, 6) is 0.102. The van der Waals surface area contributed by atoms with Gasteiger partial charge in [-0.15, -0.1) is 0 Å². The van der Waals surface area contributed by atoms with Crippen LogP contribution in [0.4, 0.5) is 4.39 Å². The van der Waals surface area contributed by atoms with Gasteiger partial charge in [0.05, 0.1) is 11.5 Å². The maximum atomic E-state index is 13.0. The lowest BCUT2D eigenvalue weighted by atomic mass is 10.1. The molecular weight excluding hydrogens is 289 g/mol. The second kappa shape index (κ2) is 5.77. The third-order valence-electron chi connectivity index (χ3n) is 3.52. The predicted molar refractivity (Wildman–Crippen MR) is 74.6 cm³/mol. The third kappa shape index (κ3) is 3.68. The first-order chi connectivity index (χ1) is 8.91. The molecule has 0 spiro atoms. The molecule has 0 aliphatic carbocycles. The zero-order valence-corrected chi connectivity index (χ0v) is 12.3. The first kappa shape index (κ1) is 14.8. The van der Waals surface area contributed by atoms with Gasteiger partial charge < -0.3 is 0 Å². The predicted octanol–water partition coefficient (Wildman–Crippen LogP) is 2.49. The van der Waals surface area contributed by atoms with Crippen LogP contribution in [-0.2, 0) is 16.4 Å². The van der Waals surface area contributed by atoms with E-state index in [0.29, 0.717) is 18.0 Å².